The molecule has 0 bridgehead atoms. The molecule has 3 nitrogen and oxygen atoms in total. The van der Waals surface area contributed by atoms with Gasteiger partial charge in [0.25, 0.3) is 0 Å². The quantitative estimate of drug-likeness (QED) is 0.610. The van der Waals surface area contributed by atoms with E-state index in [2.05, 4.69) is 86.4 Å². The van der Waals surface area contributed by atoms with Crippen molar-refractivity contribution in [3.05, 3.63) is 71.3 Å². The maximum Gasteiger partial charge on any atom is 0.244 e. The molecule has 2 aromatic carbocycles. The van der Waals surface area contributed by atoms with Crippen molar-refractivity contribution in [3.8, 4) is 0 Å². The van der Waals surface area contributed by atoms with Crippen molar-refractivity contribution in [3.63, 3.8) is 0 Å². The van der Waals surface area contributed by atoms with E-state index >= 15 is 0 Å². The molecule has 3 rings (SSSR count). The summed E-state index contributed by atoms with van der Waals surface area (Å²) < 4.78 is 0. The number of anilines is 1. The van der Waals surface area contributed by atoms with Gasteiger partial charge in [-0.15, -0.1) is 0 Å². The Morgan fingerprint density at radius 1 is 1.10 bits per heavy atom. The zero-order valence-electron chi connectivity index (χ0n) is 19.1. The van der Waals surface area contributed by atoms with E-state index in [1.807, 2.05) is 13.0 Å². The predicted molar refractivity (Wildman–Crippen MR) is 128 cm³/mol. The lowest BCUT2D eigenvalue weighted by atomic mass is 9.87. The molecule has 30 heavy (non-hydrogen) atoms. The van der Waals surface area contributed by atoms with E-state index in [1.54, 1.807) is 6.08 Å². The Morgan fingerprint density at radius 2 is 1.77 bits per heavy atom. The Balaban J connectivity index is 1.55. The molecule has 1 heterocycles. The maximum atomic E-state index is 12.4. The van der Waals surface area contributed by atoms with Crippen molar-refractivity contribution in [1.29, 1.82) is 0 Å². The smallest absolute Gasteiger partial charge is 0.244 e. The predicted octanol–water partition coefficient (Wildman–Crippen LogP) is 6.11. The molecule has 0 aliphatic carbocycles. The first-order valence-electron chi connectivity index (χ1n) is 11.2. The third kappa shape index (κ3) is 5.98. The van der Waals surface area contributed by atoms with Crippen molar-refractivity contribution in [1.82, 2.24) is 5.32 Å². The fraction of sp³-hybridized carbons (Fsp3) is 0.444. The van der Waals surface area contributed by atoms with Crippen molar-refractivity contribution in [2.75, 3.05) is 18.0 Å². The number of hydrogen-bond acceptors (Lipinski definition) is 2. The summed E-state index contributed by atoms with van der Waals surface area (Å²) in [7, 11) is 0. The summed E-state index contributed by atoms with van der Waals surface area (Å²) in [4.78, 5) is 14.8. The Kier molecular flexibility index (Phi) is 7.02. The monoisotopic (exact) mass is 404 g/mol. The highest BCUT2D eigenvalue weighted by Gasteiger charge is 2.17. The van der Waals surface area contributed by atoms with Crippen LogP contribution in [-0.2, 0) is 10.2 Å². The lowest BCUT2D eigenvalue weighted by molar-refractivity contribution is -0.117. The second-order valence-corrected chi connectivity index (χ2v) is 9.72. The van der Waals surface area contributed by atoms with Gasteiger partial charge in [0.2, 0.25) is 5.91 Å². The first kappa shape index (κ1) is 22.1. The van der Waals surface area contributed by atoms with Crippen molar-refractivity contribution >= 4 is 17.7 Å². The number of rotatable bonds is 5. The van der Waals surface area contributed by atoms with Crippen molar-refractivity contribution < 1.29 is 4.79 Å². The van der Waals surface area contributed by atoms with E-state index in [-0.39, 0.29) is 17.4 Å². The van der Waals surface area contributed by atoms with Gasteiger partial charge in [0.15, 0.2) is 0 Å². The highest BCUT2D eigenvalue weighted by Crippen LogP contribution is 2.25. The van der Waals surface area contributed by atoms with Gasteiger partial charge in [0, 0.05) is 24.9 Å². The largest absolute Gasteiger partial charge is 0.371 e. The molecular weight excluding hydrogens is 368 g/mol. The van der Waals surface area contributed by atoms with Crippen LogP contribution in [0, 0.1) is 5.92 Å². The van der Waals surface area contributed by atoms with Gasteiger partial charge in [-0.05, 0) is 66.0 Å². The lowest BCUT2D eigenvalue weighted by Crippen LogP contribution is -2.34. The first-order valence-corrected chi connectivity index (χ1v) is 11.2. The second-order valence-electron chi connectivity index (χ2n) is 9.72. The Morgan fingerprint density at radius 3 is 2.37 bits per heavy atom. The molecule has 1 fully saturated rings. The number of carbonyl (C=O) groups is 1. The molecule has 3 heteroatoms. The average Bonchev–Trinajstić information content (AvgIpc) is 2.72. The van der Waals surface area contributed by atoms with E-state index in [0.717, 1.165) is 30.1 Å². The molecule has 160 valence electrons. The topological polar surface area (TPSA) is 32.3 Å². The minimum Gasteiger partial charge on any atom is -0.371 e. The van der Waals surface area contributed by atoms with Gasteiger partial charge in [-0.2, -0.15) is 0 Å². The third-order valence-corrected chi connectivity index (χ3v) is 5.98. The highest BCUT2D eigenvalue weighted by molar-refractivity contribution is 5.92. The van der Waals surface area contributed by atoms with Crippen LogP contribution < -0.4 is 10.2 Å². The van der Waals surface area contributed by atoms with E-state index in [1.165, 1.54) is 24.1 Å². The molecule has 2 atom stereocenters. The Bertz CT molecular complexity index is 859. The molecule has 1 N–H and O–H groups in total. The molecule has 0 radical (unpaired) electrons. The van der Waals surface area contributed by atoms with Crippen LogP contribution in [0.5, 0.6) is 0 Å². The fourth-order valence-corrected chi connectivity index (χ4v) is 4.01. The number of benzene rings is 2. The molecule has 1 aliphatic rings. The van der Waals surface area contributed by atoms with Gasteiger partial charge in [-0.25, -0.2) is 0 Å². The SMILES string of the molecule is C[C@@H]1CCCN(c2ccc([C@H](C)NC(=O)/C=C/c3ccc(C(C)(C)C)cc3)cc2)C1. The van der Waals surface area contributed by atoms with E-state index in [4.69, 9.17) is 0 Å². The maximum absolute atomic E-state index is 12.4. The van der Waals surface area contributed by atoms with Crippen molar-refractivity contribution in [2.45, 2.75) is 58.9 Å². The molecule has 0 aromatic heterocycles. The van der Waals surface area contributed by atoms with Crippen LogP contribution in [0.3, 0.4) is 0 Å². The molecule has 1 aliphatic heterocycles. The fourth-order valence-electron chi connectivity index (χ4n) is 4.01. The minimum atomic E-state index is -0.0728. The summed E-state index contributed by atoms with van der Waals surface area (Å²) >= 11 is 0. The Hall–Kier alpha value is -2.55. The van der Waals surface area contributed by atoms with Crippen LogP contribution in [0.2, 0.25) is 0 Å². The first-order chi connectivity index (χ1) is 14.2. The number of nitrogens with one attached hydrogen (secondary N) is 1. The summed E-state index contributed by atoms with van der Waals surface area (Å²) in [5, 5.41) is 3.07. The normalized spacial score (nSPS) is 18.4. The minimum absolute atomic E-state index is 0.0280. The van der Waals surface area contributed by atoms with Gasteiger partial charge in [-0.3, -0.25) is 4.79 Å². The zero-order valence-corrected chi connectivity index (χ0v) is 19.1. The van der Waals surface area contributed by atoms with E-state index in [9.17, 15) is 4.79 Å². The molecule has 2 aromatic rings. The second kappa shape index (κ2) is 9.51. The number of carbonyl (C=O) groups excluding carboxylic acids is 1. The van der Waals surface area contributed by atoms with Gasteiger partial charge in [-0.1, -0.05) is 64.1 Å². The number of hydrogen-bond donors (Lipinski definition) is 1. The summed E-state index contributed by atoms with van der Waals surface area (Å²) in [5.41, 5.74) is 4.87. The standard InChI is InChI=1S/C27H36N2O/c1-20-7-6-18-29(19-20)25-15-11-23(12-16-25)21(2)28-26(30)17-10-22-8-13-24(14-9-22)27(3,4)5/h8-17,20-21H,6-7,18-19H2,1-5H3,(H,28,30)/b17-10+/t20-,21+/m1/s1. The van der Waals surface area contributed by atoms with Crippen LogP contribution in [0.25, 0.3) is 6.08 Å². The van der Waals surface area contributed by atoms with Crippen LogP contribution in [-0.4, -0.2) is 19.0 Å². The van der Waals surface area contributed by atoms with E-state index in [0.29, 0.717) is 0 Å². The lowest BCUT2D eigenvalue weighted by Gasteiger charge is -2.33. The van der Waals surface area contributed by atoms with Gasteiger partial charge in [0.1, 0.15) is 0 Å². The van der Waals surface area contributed by atoms with Gasteiger partial charge in [0.05, 0.1) is 6.04 Å². The van der Waals surface area contributed by atoms with Crippen LogP contribution in [0.15, 0.2) is 54.6 Å². The van der Waals surface area contributed by atoms with Crippen molar-refractivity contribution in [2.24, 2.45) is 5.92 Å². The van der Waals surface area contributed by atoms with Crippen LogP contribution >= 0.6 is 0 Å². The van der Waals surface area contributed by atoms with Crippen LogP contribution in [0.4, 0.5) is 5.69 Å². The molecule has 0 spiro atoms. The average molecular weight is 405 g/mol. The molecular formula is C27H36N2O. The van der Waals surface area contributed by atoms with Gasteiger partial charge >= 0.3 is 0 Å². The zero-order chi connectivity index (χ0) is 21.7. The van der Waals surface area contributed by atoms with Gasteiger partial charge < -0.3 is 10.2 Å². The summed E-state index contributed by atoms with van der Waals surface area (Å²) in [6.45, 7) is 13.2. The summed E-state index contributed by atoms with van der Waals surface area (Å²) in [6.07, 6.45) is 6.08. The Labute approximate surface area is 182 Å². The van der Waals surface area contributed by atoms with E-state index < -0.39 is 0 Å². The molecule has 0 unspecified atom stereocenters. The number of nitrogens with zero attached hydrogens (tertiary/aromatic N) is 1. The third-order valence-electron chi connectivity index (χ3n) is 5.98. The highest BCUT2D eigenvalue weighted by atomic mass is 16.1. The summed E-state index contributed by atoms with van der Waals surface area (Å²) in [6, 6.07) is 17.0. The molecule has 1 amide bonds. The van der Waals surface area contributed by atoms with Crippen LogP contribution in [0.1, 0.15) is 70.2 Å². The molecule has 0 saturated carbocycles. The molecule has 1 saturated heterocycles. The number of amides is 1. The number of piperidine rings is 1. The summed E-state index contributed by atoms with van der Waals surface area (Å²) in [5.74, 6) is 0.685.